The van der Waals surface area contributed by atoms with Crippen molar-refractivity contribution in [3.8, 4) is 0 Å². The molecule has 0 unspecified atom stereocenters. The van der Waals surface area contributed by atoms with Crippen LogP contribution in [0.3, 0.4) is 0 Å². The summed E-state index contributed by atoms with van der Waals surface area (Å²) in [7, 11) is 0. The lowest BCUT2D eigenvalue weighted by molar-refractivity contribution is 0.550. The largest absolute Gasteiger partial charge is 0.417 e. The van der Waals surface area contributed by atoms with Gasteiger partial charge in [-0.3, -0.25) is 4.98 Å². The summed E-state index contributed by atoms with van der Waals surface area (Å²) in [6.07, 6.45) is 0. The zero-order valence-electron chi connectivity index (χ0n) is 8.13. The number of oxazole rings is 1. The van der Waals surface area contributed by atoms with E-state index in [9.17, 15) is 4.79 Å². The maximum absolute atomic E-state index is 11.0. The average molecular weight is 192 g/mol. The number of hydrogen-bond acceptors (Lipinski definition) is 3. The Hall–Kier alpha value is -1.71. The van der Waals surface area contributed by atoms with E-state index in [0.717, 1.165) is 5.56 Å². The molecule has 0 saturated carbocycles. The maximum atomic E-state index is 11.0. The molecule has 2 rings (SSSR count). The van der Waals surface area contributed by atoms with Crippen molar-refractivity contribution in [2.75, 3.05) is 5.73 Å². The Morgan fingerprint density at radius 1 is 1.43 bits per heavy atom. The molecule has 1 aromatic carbocycles. The Labute approximate surface area is 80.7 Å². The molecule has 0 spiro atoms. The molecule has 0 radical (unpaired) electrons. The molecule has 14 heavy (non-hydrogen) atoms. The zero-order chi connectivity index (χ0) is 10.3. The first-order chi connectivity index (χ1) is 6.58. The van der Waals surface area contributed by atoms with Gasteiger partial charge in [-0.15, -0.1) is 0 Å². The van der Waals surface area contributed by atoms with E-state index in [1.54, 1.807) is 6.07 Å². The van der Waals surface area contributed by atoms with E-state index in [1.165, 1.54) is 0 Å². The van der Waals surface area contributed by atoms with Crippen LogP contribution in [-0.2, 0) is 0 Å². The molecule has 0 amide bonds. The van der Waals surface area contributed by atoms with E-state index in [4.69, 9.17) is 10.2 Å². The van der Waals surface area contributed by atoms with Crippen molar-refractivity contribution >= 4 is 16.8 Å². The third-order valence-electron chi connectivity index (χ3n) is 2.19. The summed E-state index contributed by atoms with van der Waals surface area (Å²) in [6, 6.07) is 3.54. The molecule has 3 N–H and O–H groups in total. The van der Waals surface area contributed by atoms with Crippen LogP contribution in [0.4, 0.5) is 5.69 Å². The fourth-order valence-corrected chi connectivity index (χ4v) is 1.54. The van der Waals surface area contributed by atoms with Gasteiger partial charge in [-0.05, 0) is 18.1 Å². The van der Waals surface area contributed by atoms with E-state index < -0.39 is 5.76 Å². The van der Waals surface area contributed by atoms with Crippen molar-refractivity contribution in [3.63, 3.8) is 0 Å². The molecular weight excluding hydrogens is 180 g/mol. The number of rotatable bonds is 1. The number of anilines is 1. The molecule has 4 nitrogen and oxygen atoms in total. The Bertz CT molecular complexity index is 522. The van der Waals surface area contributed by atoms with Crippen LogP contribution in [-0.4, -0.2) is 4.98 Å². The number of nitrogens with two attached hydrogens (primary N) is 1. The minimum absolute atomic E-state index is 0.278. The summed E-state index contributed by atoms with van der Waals surface area (Å²) < 4.78 is 5.05. The number of benzene rings is 1. The summed E-state index contributed by atoms with van der Waals surface area (Å²) in [5, 5.41) is 0. The molecule has 1 aromatic heterocycles. The fourth-order valence-electron chi connectivity index (χ4n) is 1.54. The van der Waals surface area contributed by atoms with Gasteiger partial charge in [0.15, 0.2) is 5.58 Å². The molecule has 4 heteroatoms. The quantitative estimate of drug-likeness (QED) is 0.677. The van der Waals surface area contributed by atoms with Gasteiger partial charge in [0.2, 0.25) is 0 Å². The first kappa shape index (κ1) is 8.87. The first-order valence-corrected chi connectivity index (χ1v) is 4.50. The highest BCUT2D eigenvalue weighted by Crippen LogP contribution is 2.26. The van der Waals surface area contributed by atoms with Gasteiger partial charge in [0.05, 0.1) is 5.52 Å². The third-order valence-corrected chi connectivity index (χ3v) is 2.19. The van der Waals surface area contributed by atoms with Crippen LogP contribution in [0.25, 0.3) is 11.1 Å². The second kappa shape index (κ2) is 2.90. The summed E-state index contributed by atoms with van der Waals surface area (Å²) in [5.74, 6) is -0.160. The number of H-pyrrole nitrogens is 1. The molecule has 0 aliphatic heterocycles. The van der Waals surface area contributed by atoms with E-state index in [-0.39, 0.29) is 5.92 Å². The van der Waals surface area contributed by atoms with Crippen LogP contribution in [0.2, 0.25) is 0 Å². The predicted molar refractivity (Wildman–Crippen MR) is 55.3 cm³/mol. The second-order valence-electron chi connectivity index (χ2n) is 3.66. The lowest BCUT2D eigenvalue weighted by Crippen LogP contribution is -1.93. The second-order valence-corrected chi connectivity index (χ2v) is 3.66. The number of aromatic nitrogens is 1. The maximum Gasteiger partial charge on any atom is 0.417 e. The van der Waals surface area contributed by atoms with E-state index in [1.807, 2.05) is 19.9 Å². The summed E-state index contributed by atoms with van der Waals surface area (Å²) >= 11 is 0. The van der Waals surface area contributed by atoms with Gasteiger partial charge >= 0.3 is 5.76 Å². The average Bonchev–Trinajstić information content (AvgIpc) is 2.42. The van der Waals surface area contributed by atoms with Crippen molar-refractivity contribution < 1.29 is 4.42 Å². The van der Waals surface area contributed by atoms with Crippen molar-refractivity contribution in [2.24, 2.45) is 0 Å². The zero-order valence-corrected chi connectivity index (χ0v) is 8.13. The summed E-state index contributed by atoms with van der Waals surface area (Å²) in [5.41, 5.74) is 8.58. The number of nitrogen functional groups attached to an aromatic ring is 1. The van der Waals surface area contributed by atoms with Crippen LogP contribution in [0.5, 0.6) is 0 Å². The summed E-state index contributed by atoms with van der Waals surface area (Å²) in [6.45, 7) is 4.06. The van der Waals surface area contributed by atoms with Gasteiger partial charge in [0.25, 0.3) is 0 Å². The van der Waals surface area contributed by atoms with Gasteiger partial charge in [0, 0.05) is 11.3 Å². The van der Waals surface area contributed by atoms with E-state index in [2.05, 4.69) is 4.98 Å². The highest BCUT2D eigenvalue weighted by atomic mass is 16.4. The fraction of sp³-hybridized carbons (Fsp3) is 0.300. The molecule has 1 heterocycles. The van der Waals surface area contributed by atoms with E-state index >= 15 is 0 Å². The first-order valence-electron chi connectivity index (χ1n) is 4.50. The normalized spacial score (nSPS) is 11.4. The van der Waals surface area contributed by atoms with Crippen LogP contribution >= 0.6 is 0 Å². The molecule has 0 atom stereocenters. The van der Waals surface area contributed by atoms with Gasteiger partial charge in [-0.1, -0.05) is 13.8 Å². The number of nitrogens with one attached hydrogen (secondary N) is 1. The molecule has 0 saturated heterocycles. The van der Waals surface area contributed by atoms with Crippen molar-refractivity contribution in [2.45, 2.75) is 19.8 Å². The molecular formula is C10H12N2O2. The van der Waals surface area contributed by atoms with Crippen LogP contribution in [0.15, 0.2) is 21.3 Å². The minimum atomic E-state index is -0.437. The Balaban J connectivity index is 2.85. The topological polar surface area (TPSA) is 72.0 Å². The Morgan fingerprint density at radius 2 is 2.14 bits per heavy atom. The van der Waals surface area contributed by atoms with Crippen molar-refractivity contribution in [1.29, 1.82) is 0 Å². The SMILES string of the molecule is CC(C)c1cc(N)cc2[nH]c(=O)oc12. The minimum Gasteiger partial charge on any atom is -0.408 e. The molecule has 0 aliphatic rings. The highest BCUT2D eigenvalue weighted by molar-refractivity contribution is 5.80. The van der Waals surface area contributed by atoms with Crippen molar-refractivity contribution in [3.05, 3.63) is 28.2 Å². The molecule has 0 fully saturated rings. The number of aromatic amines is 1. The standard InChI is InChI=1S/C10H12N2O2/c1-5(2)7-3-6(11)4-8-9(7)14-10(13)12-8/h3-5H,11H2,1-2H3,(H,12,13). The van der Waals surface area contributed by atoms with Gasteiger partial charge < -0.3 is 10.2 Å². The molecule has 74 valence electrons. The number of hydrogen-bond donors (Lipinski definition) is 2. The van der Waals surface area contributed by atoms with Crippen molar-refractivity contribution in [1.82, 2.24) is 4.98 Å². The van der Waals surface area contributed by atoms with E-state index in [0.29, 0.717) is 16.8 Å². The lowest BCUT2D eigenvalue weighted by atomic mass is 10.0. The monoisotopic (exact) mass is 192 g/mol. The molecule has 2 aromatic rings. The van der Waals surface area contributed by atoms with Crippen LogP contribution in [0.1, 0.15) is 25.3 Å². The highest BCUT2D eigenvalue weighted by Gasteiger charge is 2.11. The molecule has 0 aliphatic carbocycles. The molecule has 0 bridgehead atoms. The predicted octanol–water partition coefficient (Wildman–Crippen LogP) is 1.83. The lowest BCUT2D eigenvalue weighted by Gasteiger charge is -2.05. The third kappa shape index (κ3) is 1.28. The number of fused-ring (bicyclic) bond motifs is 1. The van der Waals surface area contributed by atoms with Gasteiger partial charge in [-0.25, -0.2) is 4.79 Å². The van der Waals surface area contributed by atoms with Crippen LogP contribution < -0.4 is 11.5 Å². The van der Waals surface area contributed by atoms with Crippen LogP contribution in [0, 0.1) is 0 Å². The van der Waals surface area contributed by atoms with Gasteiger partial charge in [0.1, 0.15) is 0 Å². The smallest absolute Gasteiger partial charge is 0.408 e. The van der Waals surface area contributed by atoms with Gasteiger partial charge in [-0.2, -0.15) is 0 Å². The Morgan fingerprint density at radius 3 is 2.79 bits per heavy atom. The summed E-state index contributed by atoms with van der Waals surface area (Å²) in [4.78, 5) is 13.6. The Kier molecular flexibility index (Phi) is 1.84.